The largest absolute Gasteiger partial charge is 0.454 e. The molecule has 0 spiro atoms. The van der Waals surface area contributed by atoms with E-state index < -0.39 is 11.1 Å². The van der Waals surface area contributed by atoms with Gasteiger partial charge in [0.25, 0.3) is 5.91 Å². The van der Waals surface area contributed by atoms with Crippen molar-refractivity contribution in [3.63, 3.8) is 0 Å². The van der Waals surface area contributed by atoms with Crippen LogP contribution >= 0.6 is 27.5 Å². The van der Waals surface area contributed by atoms with Gasteiger partial charge in [0.1, 0.15) is 17.9 Å². The van der Waals surface area contributed by atoms with Gasteiger partial charge in [-0.05, 0) is 88.3 Å². The van der Waals surface area contributed by atoms with Gasteiger partial charge in [0.2, 0.25) is 0 Å². The Labute approximate surface area is 235 Å². The second-order valence-corrected chi connectivity index (χ2v) is 12.5. The smallest absolute Gasteiger partial charge is 0.410 e. The number of likely N-dealkylation sites (tertiary alicyclic amines) is 1. The molecule has 202 valence electrons. The molecule has 1 aliphatic heterocycles. The van der Waals surface area contributed by atoms with Crippen LogP contribution in [0.1, 0.15) is 67.6 Å². The van der Waals surface area contributed by atoms with Crippen LogP contribution in [0.25, 0.3) is 0 Å². The average Bonchev–Trinajstić information content (AvgIpc) is 3.19. The van der Waals surface area contributed by atoms with E-state index in [1.807, 2.05) is 45.2 Å². The Balaban J connectivity index is 1.14. The van der Waals surface area contributed by atoms with Gasteiger partial charge in [0.05, 0.1) is 11.2 Å². The van der Waals surface area contributed by atoms with Gasteiger partial charge in [0.15, 0.2) is 5.76 Å². The van der Waals surface area contributed by atoms with E-state index in [0.29, 0.717) is 36.3 Å². The number of benzene rings is 1. The molecule has 1 aromatic carbocycles. The van der Waals surface area contributed by atoms with Gasteiger partial charge in [-0.15, -0.1) is 5.10 Å². The van der Waals surface area contributed by atoms with Gasteiger partial charge in [-0.3, -0.25) is 4.79 Å². The highest BCUT2D eigenvalue weighted by Gasteiger charge is 2.46. The van der Waals surface area contributed by atoms with Crippen LogP contribution in [0.3, 0.4) is 0 Å². The minimum atomic E-state index is -0.503. The monoisotopic (exact) mass is 603 g/mol. The van der Waals surface area contributed by atoms with Gasteiger partial charge in [-0.25, -0.2) is 9.48 Å². The summed E-state index contributed by atoms with van der Waals surface area (Å²) in [4.78, 5) is 27.0. The highest BCUT2D eigenvalue weighted by Crippen LogP contribution is 2.47. The number of nitrogens with one attached hydrogen (secondary N) is 1. The van der Waals surface area contributed by atoms with E-state index >= 15 is 0 Å². The molecule has 3 aromatic rings. The Morgan fingerprint density at radius 2 is 2.05 bits per heavy atom. The van der Waals surface area contributed by atoms with Crippen LogP contribution in [-0.4, -0.2) is 50.6 Å². The van der Waals surface area contributed by atoms with Crippen molar-refractivity contribution in [3.8, 4) is 0 Å². The molecule has 0 bridgehead atoms. The van der Waals surface area contributed by atoms with Gasteiger partial charge in [-0.1, -0.05) is 32.7 Å². The van der Waals surface area contributed by atoms with E-state index in [0.717, 1.165) is 41.4 Å². The summed E-state index contributed by atoms with van der Waals surface area (Å²) in [6.07, 6.45) is 4.93. The van der Waals surface area contributed by atoms with Crippen molar-refractivity contribution in [1.29, 1.82) is 0 Å². The number of furan rings is 1. The second-order valence-electron chi connectivity index (χ2n) is 11.2. The molecule has 1 saturated carbocycles. The number of aromatic nitrogens is 3. The van der Waals surface area contributed by atoms with Crippen molar-refractivity contribution >= 4 is 39.5 Å². The normalized spacial score (nSPS) is 18.4. The predicted molar refractivity (Wildman–Crippen MR) is 145 cm³/mol. The van der Waals surface area contributed by atoms with E-state index in [1.165, 1.54) is 0 Å². The Bertz CT molecular complexity index is 1320. The summed E-state index contributed by atoms with van der Waals surface area (Å²) in [6, 6.07) is 9.15. The highest BCUT2D eigenvalue weighted by molar-refractivity contribution is 9.10. The van der Waals surface area contributed by atoms with Crippen LogP contribution in [0.4, 0.5) is 4.79 Å². The van der Waals surface area contributed by atoms with E-state index in [2.05, 4.69) is 31.6 Å². The second kappa shape index (κ2) is 10.4. The SMILES string of the molecule is CC(C)(C)OC(=O)N1CCC(Cc2cn(Cc3ccc(C(=O)NC4(c5cc(Cl)cc(Br)c5)CC4)o3)nn2)C1. The molecule has 5 rings (SSSR count). The standard InChI is InChI=1S/C27H31BrClN5O4/c1-26(2,3)38-25(36)33-9-6-17(14-33)10-21-15-34(32-31-21)16-22-4-5-23(37-22)24(35)30-27(7-8-27)18-11-19(28)13-20(29)12-18/h4-5,11-13,15,17H,6-10,14,16H2,1-3H3,(H,30,35). The summed E-state index contributed by atoms with van der Waals surface area (Å²) in [5.74, 6) is 0.904. The molecule has 1 saturated heterocycles. The molecule has 1 unspecified atom stereocenters. The number of hydrogen-bond acceptors (Lipinski definition) is 6. The summed E-state index contributed by atoms with van der Waals surface area (Å²) < 4.78 is 13.9. The maximum Gasteiger partial charge on any atom is 0.410 e. The lowest BCUT2D eigenvalue weighted by molar-refractivity contribution is 0.0288. The molecule has 3 heterocycles. The van der Waals surface area contributed by atoms with E-state index in [1.54, 1.807) is 21.7 Å². The number of rotatable bonds is 7. The van der Waals surface area contributed by atoms with Crippen molar-refractivity contribution < 1.29 is 18.7 Å². The molecule has 11 heteroatoms. The molecule has 2 aromatic heterocycles. The Morgan fingerprint density at radius 1 is 1.26 bits per heavy atom. The molecular formula is C27H31BrClN5O4. The third-order valence-electron chi connectivity index (χ3n) is 6.74. The Kier molecular flexibility index (Phi) is 7.30. The lowest BCUT2D eigenvalue weighted by Crippen LogP contribution is -2.35. The number of halogens is 2. The van der Waals surface area contributed by atoms with E-state index in [-0.39, 0.29) is 17.8 Å². The summed E-state index contributed by atoms with van der Waals surface area (Å²) in [5, 5.41) is 12.3. The van der Waals surface area contributed by atoms with Crippen LogP contribution in [0.5, 0.6) is 0 Å². The maximum atomic E-state index is 12.9. The summed E-state index contributed by atoms with van der Waals surface area (Å²) in [6.45, 7) is 7.30. The van der Waals surface area contributed by atoms with Crippen molar-refractivity contribution in [2.45, 2.75) is 64.1 Å². The zero-order valence-electron chi connectivity index (χ0n) is 21.7. The zero-order chi connectivity index (χ0) is 27.1. The topological polar surface area (TPSA) is 102 Å². The van der Waals surface area contributed by atoms with Gasteiger partial charge in [-0.2, -0.15) is 0 Å². The van der Waals surface area contributed by atoms with Gasteiger partial charge in [0, 0.05) is 28.8 Å². The van der Waals surface area contributed by atoms with Gasteiger partial charge >= 0.3 is 6.09 Å². The van der Waals surface area contributed by atoms with Crippen molar-refractivity contribution in [2.75, 3.05) is 13.1 Å². The molecule has 38 heavy (non-hydrogen) atoms. The molecule has 2 amide bonds. The summed E-state index contributed by atoms with van der Waals surface area (Å²) in [7, 11) is 0. The predicted octanol–water partition coefficient (Wildman–Crippen LogP) is 5.55. The van der Waals surface area contributed by atoms with Crippen LogP contribution < -0.4 is 5.32 Å². The summed E-state index contributed by atoms with van der Waals surface area (Å²) in [5.41, 5.74) is 0.909. The van der Waals surface area contributed by atoms with Crippen LogP contribution in [-0.2, 0) is 23.2 Å². The van der Waals surface area contributed by atoms with E-state index in [4.69, 9.17) is 20.8 Å². The van der Waals surface area contributed by atoms with Crippen molar-refractivity contribution in [2.24, 2.45) is 5.92 Å². The van der Waals surface area contributed by atoms with Crippen LogP contribution in [0, 0.1) is 5.92 Å². The molecule has 2 fully saturated rings. The van der Waals surface area contributed by atoms with Crippen molar-refractivity contribution in [1.82, 2.24) is 25.2 Å². The molecule has 9 nitrogen and oxygen atoms in total. The number of carbonyl (C=O) groups excluding carboxylic acids is 2. The first kappa shape index (κ1) is 26.7. The molecular weight excluding hydrogens is 574 g/mol. The molecule has 1 N–H and O–H groups in total. The molecule has 0 radical (unpaired) electrons. The molecule has 1 aliphatic carbocycles. The fourth-order valence-electron chi connectivity index (χ4n) is 4.76. The highest BCUT2D eigenvalue weighted by atomic mass is 79.9. The molecule has 1 atom stereocenters. The quantitative estimate of drug-likeness (QED) is 0.379. The fourth-order valence-corrected chi connectivity index (χ4v) is 5.62. The number of hydrogen-bond donors (Lipinski definition) is 1. The van der Waals surface area contributed by atoms with Crippen molar-refractivity contribution in [3.05, 3.63) is 68.8 Å². The Morgan fingerprint density at radius 3 is 2.76 bits per heavy atom. The number of ether oxygens (including phenoxy) is 1. The Hall–Kier alpha value is -2.85. The first-order valence-corrected chi connectivity index (χ1v) is 13.9. The maximum absolute atomic E-state index is 12.9. The summed E-state index contributed by atoms with van der Waals surface area (Å²) >= 11 is 9.68. The lowest BCUT2D eigenvalue weighted by atomic mass is 10.0. The van der Waals surface area contributed by atoms with Crippen LogP contribution in [0.2, 0.25) is 5.02 Å². The first-order chi connectivity index (χ1) is 18.0. The van der Waals surface area contributed by atoms with Crippen LogP contribution in [0.15, 0.2) is 45.4 Å². The minimum Gasteiger partial charge on any atom is -0.454 e. The minimum absolute atomic E-state index is 0.251. The third kappa shape index (κ3) is 6.40. The first-order valence-electron chi connectivity index (χ1n) is 12.7. The number of nitrogens with zero attached hydrogens (tertiary/aromatic N) is 4. The zero-order valence-corrected chi connectivity index (χ0v) is 24.0. The number of amides is 2. The number of carbonyl (C=O) groups is 2. The van der Waals surface area contributed by atoms with E-state index in [9.17, 15) is 9.59 Å². The fraction of sp³-hybridized carbons (Fsp3) is 0.481. The molecule has 2 aliphatic rings. The lowest BCUT2D eigenvalue weighted by Gasteiger charge is -2.24. The third-order valence-corrected chi connectivity index (χ3v) is 7.42. The average molecular weight is 605 g/mol. The van der Waals surface area contributed by atoms with Gasteiger partial charge < -0.3 is 19.4 Å².